The van der Waals surface area contributed by atoms with Crippen molar-refractivity contribution in [3.05, 3.63) is 0 Å². The molecule has 0 aromatic carbocycles. The van der Waals surface area contributed by atoms with E-state index >= 15 is 0 Å². The van der Waals surface area contributed by atoms with E-state index in [1.54, 1.807) is 0 Å². The molecular formula is C14H25NO2S. The maximum atomic E-state index is 11.6. The van der Waals surface area contributed by atoms with Crippen LogP contribution in [0.1, 0.15) is 51.4 Å². The molecule has 0 spiro atoms. The van der Waals surface area contributed by atoms with Crippen LogP contribution < -0.4 is 5.32 Å². The zero-order chi connectivity index (χ0) is 12.8. The first-order valence-electron chi connectivity index (χ1n) is 7.42. The van der Waals surface area contributed by atoms with Crippen LogP contribution in [0.25, 0.3) is 0 Å². The average molecular weight is 271 g/mol. The van der Waals surface area contributed by atoms with Gasteiger partial charge in [0.1, 0.15) is 9.84 Å². The van der Waals surface area contributed by atoms with Crippen LogP contribution in [-0.4, -0.2) is 32.5 Å². The van der Waals surface area contributed by atoms with Gasteiger partial charge in [-0.1, -0.05) is 6.42 Å². The molecule has 0 aromatic heterocycles. The van der Waals surface area contributed by atoms with Gasteiger partial charge in [-0.25, -0.2) is 8.42 Å². The minimum Gasteiger partial charge on any atom is -0.313 e. The highest BCUT2D eigenvalue weighted by Crippen LogP contribution is 2.60. The zero-order valence-electron chi connectivity index (χ0n) is 11.3. The van der Waals surface area contributed by atoms with Crippen molar-refractivity contribution in [2.24, 2.45) is 11.3 Å². The first kappa shape index (κ1) is 12.9. The number of nitrogens with one attached hydrogen (secondary N) is 1. The molecule has 3 nitrogen and oxygen atoms in total. The van der Waals surface area contributed by atoms with Crippen LogP contribution >= 0.6 is 0 Å². The molecule has 4 heteroatoms. The lowest BCUT2D eigenvalue weighted by Crippen LogP contribution is -2.41. The molecule has 1 N–H and O–H groups in total. The highest BCUT2D eigenvalue weighted by Gasteiger charge is 2.53. The van der Waals surface area contributed by atoms with E-state index in [0.29, 0.717) is 11.5 Å². The van der Waals surface area contributed by atoms with E-state index in [2.05, 4.69) is 5.32 Å². The lowest BCUT2D eigenvalue weighted by Gasteiger charge is -2.30. The third kappa shape index (κ3) is 2.74. The van der Waals surface area contributed by atoms with Crippen molar-refractivity contribution in [2.45, 2.75) is 62.7 Å². The summed E-state index contributed by atoms with van der Waals surface area (Å²) in [5, 5.41) is 3.59. The average Bonchev–Trinajstić information content (AvgIpc) is 3.17. The molecule has 0 heterocycles. The topological polar surface area (TPSA) is 46.2 Å². The van der Waals surface area contributed by atoms with Gasteiger partial charge in [-0.2, -0.15) is 0 Å². The minimum absolute atomic E-state index is 0.0974. The summed E-state index contributed by atoms with van der Waals surface area (Å²) in [5.74, 6) is 0.985. The van der Waals surface area contributed by atoms with Gasteiger partial charge in [0, 0.05) is 18.8 Å². The van der Waals surface area contributed by atoms with Crippen LogP contribution in [0.3, 0.4) is 0 Å². The fraction of sp³-hybridized carbons (Fsp3) is 1.00. The van der Waals surface area contributed by atoms with E-state index < -0.39 is 9.84 Å². The smallest absolute Gasteiger partial charge is 0.150 e. The third-order valence-electron chi connectivity index (χ3n) is 5.31. The fourth-order valence-corrected chi connectivity index (χ4v) is 4.83. The Morgan fingerprint density at radius 3 is 2.44 bits per heavy atom. The van der Waals surface area contributed by atoms with E-state index in [4.69, 9.17) is 0 Å². The van der Waals surface area contributed by atoms with E-state index in [9.17, 15) is 8.42 Å². The Balaban J connectivity index is 1.51. The fourth-order valence-electron chi connectivity index (χ4n) is 3.65. The molecular weight excluding hydrogens is 246 g/mol. The van der Waals surface area contributed by atoms with E-state index in [0.717, 1.165) is 38.1 Å². The third-order valence-corrected chi connectivity index (χ3v) is 6.95. The molecule has 0 bridgehead atoms. The van der Waals surface area contributed by atoms with Gasteiger partial charge in [0.15, 0.2) is 0 Å². The van der Waals surface area contributed by atoms with E-state index in [1.165, 1.54) is 31.9 Å². The lowest BCUT2D eigenvalue weighted by atomic mass is 9.93. The maximum Gasteiger partial charge on any atom is 0.150 e. The van der Waals surface area contributed by atoms with Gasteiger partial charge >= 0.3 is 0 Å². The predicted molar refractivity (Wildman–Crippen MR) is 73.3 cm³/mol. The van der Waals surface area contributed by atoms with E-state index in [1.807, 2.05) is 0 Å². The summed E-state index contributed by atoms with van der Waals surface area (Å²) >= 11 is 0. The van der Waals surface area contributed by atoms with Crippen LogP contribution in [-0.2, 0) is 9.84 Å². The van der Waals surface area contributed by atoms with Crippen molar-refractivity contribution >= 4 is 9.84 Å². The molecule has 3 aliphatic carbocycles. The molecule has 18 heavy (non-hydrogen) atoms. The first-order chi connectivity index (χ1) is 8.50. The Labute approximate surface area is 111 Å². The maximum absolute atomic E-state index is 11.6. The molecule has 0 aliphatic heterocycles. The second-order valence-electron chi connectivity index (χ2n) is 6.83. The van der Waals surface area contributed by atoms with Crippen molar-refractivity contribution < 1.29 is 8.42 Å². The Bertz CT molecular complexity index is 410. The quantitative estimate of drug-likeness (QED) is 0.833. The lowest BCUT2D eigenvalue weighted by molar-refractivity contribution is 0.321. The van der Waals surface area contributed by atoms with Crippen LogP contribution in [0.4, 0.5) is 0 Å². The standard InChI is InChI=1S/C14H25NO2S/c1-18(16,17)13-4-2-3-12(9-13)15-10-14(7-8-14)11-5-6-11/h11-13,15H,2-10H2,1H3. The first-order valence-corrected chi connectivity index (χ1v) is 9.37. The Hall–Kier alpha value is -0.0900. The normalized spacial score (nSPS) is 35.4. The van der Waals surface area contributed by atoms with Crippen LogP contribution in [0.5, 0.6) is 0 Å². The summed E-state index contributed by atoms with van der Waals surface area (Å²) in [4.78, 5) is 0. The van der Waals surface area contributed by atoms with Crippen LogP contribution in [0.2, 0.25) is 0 Å². The minimum atomic E-state index is -2.84. The molecule has 104 valence electrons. The number of hydrogen-bond acceptors (Lipinski definition) is 3. The van der Waals surface area contributed by atoms with Gasteiger partial charge in [-0.3, -0.25) is 0 Å². The molecule has 0 radical (unpaired) electrons. The molecule has 0 saturated heterocycles. The Kier molecular flexibility index (Phi) is 3.22. The summed E-state index contributed by atoms with van der Waals surface area (Å²) in [5.41, 5.74) is 0.623. The molecule has 2 unspecified atom stereocenters. The molecule has 3 fully saturated rings. The predicted octanol–water partition coefficient (Wildman–Crippen LogP) is 2.12. The van der Waals surface area contributed by atoms with Gasteiger partial charge in [0.2, 0.25) is 0 Å². The summed E-state index contributed by atoms with van der Waals surface area (Å²) in [7, 11) is -2.84. The Morgan fingerprint density at radius 1 is 1.17 bits per heavy atom. The van der Waals surface area contributed by atoms with Crippen molar-refractivity contribution in [3.8, 4) is 0 Å². The van der Waals surface area contributed by atoms with Crippen molar-refractivity contribution in [3.63, 3.8) is 0 Å². The number of rotatable bonds is 5. The summed E-state index contributed by atoms with van der Waals surface area (Å²) in [6.07, 6.45) is 11.0. The monoisotopic (exact) mass is 271 g/mol. The van der Waals surface area contributed by atoms with Gasteiger partial charge in [-0.05, 0) is 56.3 Å². The van der Waals surface area contributed by atoms with Gasteiger partial charge in [0.25, 0.3) is 0 Å². The summed E-state index contributed by atoms with van der Waals surface area (Å²) < 4.78 is 23.3. The van der Waals surface area contributed by atoms with Gasteiger partial charge in [-0.15, -0.1) is 0 Å². The number of sulfone groups is 1. The summed E-state index contributed by atoms with van der Waals surface area (Å²) in [6.45, 7) is 1.14. The summed E-state index contributed by atoms with van der Waals surface area (Å²) in [6, 6.07) is 0.440. The SMILES string of the molecule is CS(=O)(=O)C1CCCC(NCC2(C3CC3)CC2)C1. The molecule has 2 atom stereocenters. The van der Waals surface area contributed by atoms with Crippen molar-refractivity contribution in [1.82, 2.24) is 5.32 Å². The van der Waals surface area contributed by atoms with Gasteiger partial charge < -0.3 is 5.32 Å². The highest BCUT2D eigenvalue weighted by atomic mass is 32.2. The highest BCUT2D eigenvalue weighted by molar-refractivity contribution is 7.91. The second-order valence-corrected chi connectivity index (χ2v) is 9.16. The molecule has 3 aliphatic rings. The van der Waals surface area contributed by atoms with E-state index in [-0.39, 0.29) is 5.25 Å². The number of hydrogen-bond donors (Lipinski definition) is 1. The largest absolute Gasteiger partial charge is 0.313 e. The van der Waals surface area contributed by atoms with Crippen molar-refractivity contribution in [1.29, 1.82) is 0 Å². The van der Waals surface area contributed by atoms with Crippen LogP contribution in [0.15, 0.2) is 0 Å². The molecule has 0 amide bonds. The second kappa shape index (κ2) is 4.48. The molecule has 0 aromatic rings. The van der Waals surface area contributed by atoms with Crippen LogP contribution in [0, 0.1) is 11.3 Å². The Morgan fingerprint density at radius 2 is 1.89 bits per heavy atom. The van der Waals surface area contributed by atoms with Gasteiger partial charge in [0.05, 0.1) is 5.25 Å². The molecule has 3 saturated carbocycles. The molecule has 3 rings (SSSR count). The van der Waals surface area contributed by atoms with Crippen molar-refractivity contribution in [2.75, 3.05) is 12.8 Å². The zero-order valence-corrected chi connectivity index (χ0v) is 12.1.